The summed E-state index contributed by atoms with van der Waals surface area (Å²) in [6.07, 6.45) is -0.448. The van der Waals surface area contributed by atoms with Crippen molar-refractivity contribution in [1.29, 1.82) is 0 Å². The number of aromatic nitrogens is 2. The van der Waals surface area contributed by atoms with Crippen LogP contribution in [0.3, 0.4) is 0 Å². The second-order valence-corrected chi connectivity index (χ2v) is 8.15. The quantitative estimate of drug-likeness (QED) is 0.774. The number of likely N-dealkylation sites (tertiary alicyclic amines) is 1. The zero-order chi connectivity index (χ0) is 21.1. The average molecular weight is 402 g/mol. The summed E-state index contributed by atoms with van der Waals surface area (Å²) in [5.41, 5.74) is 1.68. The molecule has 1 aromatic heterocycles. The third-order valence-electron chi connectivity index (χ3n) is 5.47. The van der Waals surface area contributed by atoms with Gasteiger partial charge < -0.3 is 24.6 Å². The molecule has 0 aliphatic carbocycles. The minimum Gasteiger partial charge on any atom is -0.465 e. The predicted molar refractivity (Wildman–Crippen MR) is 110 cm³/mol. The van der Waals surface area contributed by atoms with E-state index in [1.54, 1.807) is 4.90 Å². The summed E-state index contributed by atoms with van der Waals surface area (Å²) in [6, 6.07) is 7.36. The maximum absolute atomic E-state index is 13.6. The number of hydrogen-bond acceptors (Lipinski definition) is 4. The van der Waals surface area contributed by atoms with E-state index in [9.17, 15) is 19.8 Å². The van der Waals surface area contributed by atoms with Gasteiger partial charge in [0.2, 0.25) is 0 Å². The number of benzene rings is 1. The molecule has 0 bridgehead atoms. The molecular formula is C21H30N4O4. The number of fused-ring (bicyclic) bond motifs is 1. The van der Waals surface area contributed by atoms with Crippen molar-refractivity contribution in [2.45, 2.75) is 39.8 Å². The van der Waals surface area contributed by atoms with E-state index in [0.29, 0.717) is 31.9 Å². The molecule has 158 valence electrons. The van der Waals surface area contributed by atoms with Crippen molar-refractivity contribution in [2.75, 3.05) is 26.2 Å². The van der Waals surface area contributed by atoms with Crippen molar-refractivity contribution < 1.29 is 19.8 Å². The van der Waals surface area contributed by atoms with Crippen LogP contribution >= 0.6 is 0 Å². The minimum absolute atomic E-state index is 0.0997. The standard InChI is InChI=1S/C21H30N4O4/c1-4-24-18-8-6-5-7-17(18)22-19(24)20(27)25(10-14(2)3)16-9-15(13-26)11-23(12-16)21(28)29/h5-8,14-16,26H,4,9-13H2,1-3H3,(H,28,29)/t15-,16+/m1/s1. The van der Waals surface area contributed by atoms with E-state index in [-0.39, 0.29) is 36.9 Å². The summed E-state index contributed by atoms with van der Waals surface area (Å²) in [6.45, 7) is 7.60. The predicted octanol–water partition coefficient (Wildman–Crippen LogP) is 2.52. The van der Waals surface area contributed by atoms with Crippen LogP contribution in [-0.2, 0) is 6.54 Å². The summed E-state index contributed by atoms with van der Waals surface area (Å²) in [4.78, 5) is 32.9. The Balaban J connectivity index is 1.98. The Kier molecular flexibility index (Phi) is 6.42. The number of piperidine rings is 1. The molecule has 1 aliphatic heterocycles. The van der Waals surface area contributed by atoms with Crippen LogP contribution in [0.25, 0.3) is 11.0 Å². The average Bonchev–Trinajstić information content (AvgIpc) is 3.09. The first-order chi connectivity index (χ1) is 13.8. The highest BCUT2D eigenvalue weighted by Crippen LogP contribution is 2.25. The molecule has 8 nitrogen and oxygen atoms in total. The topological polar surface area (TPSA) is 98.9 Å². The minimum atomic E-state index is -1.02. The van der Waals surface area contributed by atoms with Crippen molar-refractivity contribution in [3.63, 3.8) is 0 Å². The summed E-state index contributed by atoms with van der Waals surface area (Å²) >= 11 is 0. The summed E-state index contributed by atoms with van der Waals surface area (Å²) in [5, 5.41) is 19.2. The van der Waals surface area contributed by atoms with Gasteiger partial charge >= 0.3 is 6.09 Å². The zero-order valence-electron chi connectivity index (χ0n) is 17.3. The fourth-order valence-electron chi connectivity index (χ4n) is 4.17. The number of aliphatic hydroxyl groups excluding tert-OH is 1. The van der Waals surface area contributed by atoms with Crippen molar-refractivity contribution in [3.8, 4) is 0 Å². The third-order valence-corrected chi connectivity index (χ3v) is 5.47. The number of carboxylic acid groups (broad SMARTS) is 1. The second-order valence-electron chi connectivity index (χ2n) is 8.15. The van der Waals surface area contributed by atoms with Gasteiger partial charge in [0, 0.05) is 38.7 Å². The monoisotopic (exact) mass is 402 g/mol. The van der Waals surface area contributed by atoms with Gasteiger partial charge in [-0.1, -0.05) is 26.0 Å². The molecule has 0 unspecified atom stereocenters. The molecule has 3 rings (SSSR count). The molecule has 1 aromatic carbocycles. The van der Waals surface area contributed by atoms with Crippen LogP contribution in [-0.4, -0.2) is 73.8 Å². The molecule has 2 aromatic rings. The number of amides is 2. The first-order valence-electron chi connectivity index (χ1n) is 10.2. The lowest BCUT2D eigenvalue weighted by atomic mass is 9.93. The fourth-order valence-corrected chi connectivity index (χ4v) is 4.17. The third kappa shape index (κ3) is 4.37. The van der Waals surface area contributed by atoms with Gasteiger partial charge in [0.05, 0.1) is 17.1 Å². The number of imidazole rings is 1. The first-order valence-corrected chi connectivity index (χ1v) is 10.2. The van der Waals surface area contributed by atoms with E-state index in [2.05, 4.69) is 4.98 Å². The highest BCUT2D eigenvalue weighted by Gasteiger charge is 2.36. The fraction of sp³-hybridized carbons (Fsp3) is 0.571. The van der Waals surface area contributed by atoms with Crippen LogP contribution in [0.2, 0.25) is 0 Å². The lowest BCUT2D eigenvalue weighted by Gasteiger charge is -2.41. The van der Waals surface area contributed by atoms with Gasteiger partial charge in [-0.2, -0.15) is 0 Å². The number of rotatable bonds is 6. The van der Waals surface area contributed by atoms with E-state index in [0.717, 1.165) is 11.0 Å². The van der Waals surface area contributed by atoms with Gasteiger partial charge in [-0.25, -0.2) is 9.78 Å². The van der Waals surface area contributed by atoms with E-state index in [1.165, 1.54) is 4.90 Å². The maximum Gasteiger partial charge on any atom is 0.407 e. The van der Waals surface area contributed by atoms with Crippen molar-refractivity contribution in [1.82, 2.24) is 19.4 Å². The Morgan fingerprint density at radius 3 is 2.62 bits per heavy atom. The van der Waals surface area contributed by atoms with Crippen LogP contribution in [0.5, 0.6) is 0 Å². The van der Waals surface area contributed by atoms with Crippen LogP contribution < -0.4 is 0 Å². The van der Waals surface area contributed by atoms with Gasteiger partial charge in [-0.15, -0.1) is 0 Å². The van der Waals surface area contributed by atoms with E-state index in [1.807, 2.05) is 49.6 Å². The Bertz CT molecular complexity index is 879. The normalized spacial score (nSPS) is 19.7. The molecule has 2 heterocycles. The van der Waals surface area contributed by atoms with Gasteiger partial charge in [0.1, 0.15) is 0 Å². The Morgan fingerprint density at radius 2 is 2.00 bits per heavy atom. The Morgan fingerprint density at radius 1 is 1.28 bits per heavy atom. The molecule has 0 saturated carbocycles. The largest absolute Gasteiger partial charge is 0.465 e. The van der Waals surface area contributed by atoms with E-state index >= 15 is 0 Å². The highest BCUT2D eigenvalue weighted by atomic mass is 16.4. The molecule has 29 heavy (non-hydrogen) atoms. The van der Waals surface area contributed by atoms with Crippen molar-refractivity contribution >= 4 is 23.0 Å². The maximum atomic E-state index is 13.6. The van der Waals surface area contributed by atoms with Crippen molar-refractivity contribution in [2.24, 2.45) is 11.8 Å². The lowest BCUT2D eigenvalue weighted by Crippen LogP contribution is -2.55. The number of hydrogen-bond donors (Lipinski definition) is 2. The summed E-state index contributed by atoms with van der Waals surface area (Å²) < 4.78 is 1.91. The molecule has 0 spiro atoms. The van der Waals surface area contributed by atoms with Crippen LogP contribution in [0.15, 0.2) is 24.3 Å². The number of nitrogens with zero attached hydrogens (tertiary/aromatic N) is 4. The highest BCUT2D eigenvalue weighted by molar-refractivity contribution is 5.95. The van der Waals surface area contributed by atoms with E-state index < -0.39 is 6.09 Å². The number of para-hydroxylation sites is 2. The number of carbonyl (C=O) groups is 2. The van der Waals surface area contributed by atoms with E-state index in [4.69, 9.17) is 0 Å². The Labute approximate surface area is 170 Å². The SMILES string of the molecule is CCn1c(C(=O)N(CC(C)C)[C@H]2C[C@@H](CO)CN(C(=O)O)C2)nc2ccccc21. The second kappa shape index (κ2) is 8.82. The zero-order valence-corrected chi connectivity index (χ0v) is 17.3. The van der Waals surface area contributed by atoms with Crippen LogP contribution in [0.1, 0.15) is 37.8 Å². The van der Waals surface area contributed by atoms with Crippen molar-refractivity contribution in [3.05, 3.63) is 30.1 Å². The molecule has 1 saturated heterocycles. The van der Waals surface area contributed by atoms with Gasteiger partial charge in [-0.3, -0.25) is 4.79 Å². The number of aliphatic hydroxyl groups is 1. The first kappa shape index (κ1) is 21.1. The molecule has 2 amide bonds. The molecule has 1 aliphatic rings. The molecule has 2 atom stereocenters. The van der Waals surface area contributed by atoms with Crippen LogP contribution in [0.4, 0.5) is 4.79 Å². The molecule has 1 fully saturated rings. The van der Waals surface area contributed by atoms with Crippen LogP contribution in [0, 0.1) is 11.8 Å². The van der Waals surface area contributed by atoms with Gasteiger partial charge in [-0.05, 0) is 31.4 Å². The summed E-state index contributed by atoms with van der Waals surface area (Å²) in [5.74, 6) is 0.219. The lowest BCUT2D eigenvalue weighted by molar-refractivity contribution is 0.0311. The number of aryl methyl sites for hydroxylation is 1. The summed E-state index contributed by atoms with van der Waals surface area (Å²) in [7, 11) is 0. The van der Waals surface area contributed by atoms with Gasteiger partial charge in [0.15, 0.2) is 5.82 Å². The van der Waals surface area contributed by atoms with Gasteiger partial charge in [0.25, 0.3) is 5.91 Å². The molecule has 2 N–H and O–H groups in total. The molecule has 0 radical (unpaired) electrons. The number of carbonyl (C=O) groups excluding carboxylic acids is 1. The molecular weight excluding hydrogens is 372 g/mol. The Hall–Kier alpha value is -2.61. The molecule has 8 heteroatoms. The smallest absolute Gasteiger partial charge is 0.407 e.